The predicted molar refractivity (Wildman–Crippen MR) is 85.5 cm³/mol. The van der Waals surface area contributed by atoms with Crippen molar-refractivity contribution in [2.45, 2.75) is 28.5 Å². The van der Waals surface area contributed by atoms with Crippen LogP contribution in [0.2, 0.25) is 0 Å². The molecule has 0 aliphatic heterocycles. The number of hydrogen-bond donors (Lipinski definition) is 1. The molecule has 0 radical (unpaired) electrons. The van der Waals surface area contributed by atoms with Crippen molar-refractivity contribution in [1.82, 2.24) is 0 Å². The normalized spacial score (nSPS) is 16.1. The first kappa shape index (κ1) is 16.2. The number of benzene rings is 2. The average Bonchev–Trinajstić information content (AvgIpc) is 2.48. The Kier molecular flexibility index (Phi) is 4.89. The van der Waals surface area contributed by atoms with Gasteiger partial charge in [-0.05, 0) is 0 Å². The van der Waals surface area contributed by atoms with E-state index in [0.717, 1.165) is 4.46 Å². The topological polar surface area (TPSA) is 54.4 Å². The molecule has 112 valence electrons. The molecule has 0 unspecified atom stereocenters. The molecule has 3 nitrogen and oxygen atoms in total. The Labute approximate surface area is 132 Å². The van der Waals surface area contributed by atoms with E-state index in [0.29, 0.717) is 0 Å². The molecule has 0 aliphatic rings. The van der Waals surface area contributed by atoms with Gasteiger partial charge in [-0.15, -0.1) is 0 Å². The van der Waals surface area contributed by atoms with Crippen molar-refractivity contribution in [3.05, 3.63) is 60.7 Å². The molecule has 2 atom stereocenters. The minimum atomic E-state index is -3.62. The Balaban J connectivity index is 2.48. The van der Waals surface area contributed by atoms with Gasteiger partial charge in [0.05, 0.1) is 0 Å². The van der Waals surface area contributed by atoms with Gasteiger partial charge < -0.3 is 0 Å². The molecule has 0 heterocycles. The van der Waals surface area contributed by atoms with Gasteiger partial charge in [0.2, 0.25) is 0 Å². The first-order chi connectivity index (χ1) is 9.88. The minimum absolute atomic E-state index is 0.256. The molecular weight excluding hydrogens is 351 g/mol. The number of aliphatic hydroxyl groups is 1. The molecule has 0 aliphatic carbocycles. The standard InChI is InChI=1S/C16H18O3SSe/c1-13(17)16(2,21-15-11-7-4-8-12-15)20(18,19)14-9-5-3-6-10-14/h3-13,17H,1-2H3/t13-,16+/m1/s1. The van der Waals surface area contributed by atoms with E-state index in [9.17, 15) is 13.5 Å². The third-order valence-electron chi connectivity index (χ3n) is 3.41. The van der Waals surface area contributed by atoms with Crippen molar-refractivity contribution in [2.24, 2.45) is 0 Å². The molecule has 0 bridgehead atoms. The molecular formula is C16H18O3SSe. The third kappa shape index (κ3) is 3.21. The summed E-state index contributed by atoms with van der Waals surface area (Å²) in [4.78, 5) is 0.256. The van der Waals surface area contributed by atoms with Gasteiger partial charge in [0.1, 0.15) is 0 Å². The van der Waals surface area contributed by atoms with E-state index < -0.39 is 34.5 Å². The Hall–Kier alpha value is -1.13. The van der Waals surface area contributed by atoms with E-state index in [2.05, 4.69) is 0 Å². The summed E-state index contributed by atoms with van der Waals surface area (Å²) in [5, 5.41) is 10.2. The van der Waals surface area contributed by atoms with Crippen LogP contribution in [0.3, 0.4) is 0 Å². The summed E-state index contributed by atoms with van der Waals surface area (Å²) >= 11 is -0.406. The summed E-state index contributed by atoms with van der Waals surface area (Å²) in [5.74, 6) is 0. The molecule has 2 aromatic rings. The van der Waals surface area contributed by atoms with Crippen molar-refractivity contribution in [2.75, 3.05) is 0 Å². The Morgan fingerprint density at radius 3 is 1.95 bits per heavy atom. The van der Waals surface area contributed by atoms with E-state index in [4.69, 9.17) is 0 Å². The molecule has 2 rings (SSSR count). The number of sulfone groups is 1. The van der Waals surface area contributed by atoms with Gasteiger partial charge in [-0.3, -0.25) is 0 Å². The number of rotatable bonds is 5. The van der Waals surface area contributed by atoms with Gasteiger partial charge in [-0.1, -0.05) is 0 Å². The zero-order chi connectivity index (χ0) is 15.5. The second kappa shape index (κ2) is 6.32. The zero-order valence-corrected chi connectivity index (χ0v) is 14.5. The molecule has 0 fully saturated rings. The number of hydrogen-bond acceptors (Lipinski definition) is 3. The molecule has 2 aromatic carbocycles. The third-order valence-corrected chi connectivity index (χ3v) is 10.2. The van der Waals surface area contributed by atoms with Gasteiger partial charge >= 0.3 is 132 Å². The summed E-state index contributed by atoms with van der Waals surface area (Å²) in [6, 6.07) is 17.8. The molecule has 5 heteroatoms. The fourth-order valence-corrected chi connectivity index (χ4v) is 7.21. The van der Waals surface area contributed by atoms with Crippen LogP contribution >= 0.6 is 0 Å². The summed E-state index contributed by atoms with van der Waals surface area (Å²) in [5.41, 5.74) is 0. The maximum atomic E-state index is 13.0. The molecule has 21 heavy (non-hydrogen) atoms. The second-order valence-electron chi connectivity index (χ2n) is 4.92. The maximum absolute atomic E-state index is 13.0. The van der Waals surface area contributed by atoms with Crippen molar-refractivity contribution in [3.8, 4) is 0 Å². The first-order valence-corrected chi connectivity index (χ1v) is 9.79. The quantitative estimate of drug-likeness (QED) is 0.815. The summed E-state index contributed by atoms with van der Waals surface area (Å²) in [6.45, 7) is 3.18. The van der Waals surface area contributed by atoms with Gasteiger partial charge in [-0.25, -0.2) is 0 Å². The van der Waals surface area contributed by atoms with Gasteiger partial charge in [0.15, 0.2) is 0 Å². The van der Waals surface area contributed by atoms with Crippen LogP contribution in [0.4, 0.5) is 0 Å². The van der Waals surface area contributed by atoms with Crippen LogP contribution in [0.15, 0.2) is 65.6 Å². The average molecular weight is 369 g/mol. The molecule has 0 saturated heterocycles. The van der Waals surface area contributed by atoms with Gasteiger partial charge in [-0.2, -0.15) is 0 Å². The van der Waals surface area contributed by atoms with Crippen LogP contribution in [0.25, 0.3) is 0 Å². The van der Waals surface area contributed by atoms with Crippen molar-refractivity contribution in [1.29, 1.82) is 0 Å². The van der Waals surface area contributed by atoms with Gasteiger partial charge in [0, 0.05) is 0 Å². The van der Waals surface area contributed by atoms with Gasteiger partial charge in [0.25, 0.3) is 0 Å². The Bertz CT molecular complexity index is 684. The van der Waals surface area contributed by atoms with E-state index in [1.165, 1.54) is 0 Å². The number of aliphatic hydroxyl groups excluding tert-OH is 1. The molecule has 0 amide bonds. The Morgan fingerprint density at radius 1 is 1.00 bits per heavy atom. The van der Waals surface area contributed by atoms with Crippen LogP contribution in [-0.4, -0.2) is 38.2 Å². The summed E-state index contributed by atoms with van der Waals surface area (Å²) in [7, 11) is -3.62. The van der Waals surface area contributed by atoms with E-state index in [-0.39, 0.29) is 4.90 Å². The van der Waals surface area contributed by atoms with Crippen molar-refractivity contribution >= 4 is 29.3 Å². The molecule has 0 aromatic heterocycles. The van der Waals surface area contributed by atoms with Crippen molar-refractivity contribution < 1.29 is 13.5 Å². The van der Waals surface area contributed by atoms with Crippen LogP contribution in [-0.2, 0) is 9.84 Å². The second-order valence-corrected chi connectivity index (χ2v) is 11.0. The molecule has 0 spiro atoms. The molecule has 1 N–H and O–H groups in total. The first-order valence-electron chi connectivity index (χ1n) is 6.60. The van der Waals surface area contributed by atoms with E-state index in [1.807, 2.05) is 30.3 Å². The van der Waals surface area contributed by atoms with Crippen LogP contribution < -0.4 is 4.46 Å². The van der Waals surface area contributed by atoms with Crippen LogP contribution in [0, 0.1) is 0 Å². The fourth-order valence-electron chi connectivity index (χ4n) is 1.92. The van der Waals surface area contributed by atoms with Crippen LogP contribution in [0.5, 0.6) is 0 Å². The monoisotopic (exact) mass is 370 g/mol. The van der Waals surface area contributed by atoms with E-state index >= 15 is 0 Å². The molecule has 0 saturated carbocycles. The Morgan fingerprint density at radius 2 is 1.48 bits per heavy atom. The summed E-state index contributed by atoms with van der Waals surface area (Å²) < 4.78 is 25.7. The predicted octanol–water partition coefficient (Wildman–Crippen LogP) is 1.59. The summed E-state index contributed by atoms with van der Waals surface area (Å²) in [6.07, 6.45) is -0.956. The SMILES string of the molecule is C[C@@H](O)[C@](C)([Se]c1ccccc1)S(=O)(=O)c1ccccc1. The van der Waals surface area contributed by atoms with E-state index in [1.54, 1.807) is 44.2 Å². The van der Waals surface area contributed by atoms with Crippen molar-refractivity contribution in [3.63, 3.8) is 0 Å². The zero-order valence-electron chi connectivity index (χ0n) is 11.9. The fraction of sp³-hybridized carbons (Fsp3) is 0.250. The van der Waals surface area contributed by atoms with Crippen LogP contribution in [0.1, 0.15) is 13.8 Å².